The van der Waals surface area contributed by atoms with Crippen molar-refractivity contribution in [1.82, 2.24) is 15.2 Å². The maximum Gasteiger partial charge on any atom is 0.475 e. The molecule has 0 bridgehead atoms. The molecule has 0 saturated carbocycles. The molecule has 3 heterocycles. The maximum atomic E-state index is 14.6. The highest BCUT2D eigenvalue weighted by atomic mass is 31.2. The van der Waals surface area contributed by atoms with Crippen molar-refractivity contribution in [3.63, 3.8) is 0 Å². The number of phosphoric ester groups is 1. The van der Waals surface area contributed by atoms with Gasteiger partial charge in [-0.3, -0.25) is 13.6 Å². The Hall–Kier alpha value is -0.130. The summed E-state index contributed by atoms with van der Waals surface area (Å²) in [5, 5.41) is 40.2. The predicted octanol–water partition coefficient (Wildman–Crippen LogP) is 6.29. The molecule has 10 nitrogen and oxygen atoms in total. The van der Waals surface area contributed by atoms with Crippen LogP contribution in [-0.4, -0.2) is 71.9 Å². The van der Waals surface area contributed by atoms with Gasteiger partial charge < -0.3 is 5.21 Å². The van der Waals surface area contributed by atoms with Crippen LogP contribution in [0, 0.1) is 0 Å². The van der Waals surface area contributed by atoms with Crippen molar-refractivity contribution in [3.8, 4) is 0 Å². The molecular weight excluding hydrogens is 509 g/mol. The van der Waals surface area contributed by atoms with Crippen molar-refractivity contribution >= 4 is 7.82 Å². The van der Waals surface area contributed by atoms with E-state index in [1.165, 1.54) is 5.06 Å². The van der Waals surface area contributed by atoms with Gasteiger partial charge in [0.15, 0.2) is 0 Å². The molecule has 11 heteroatoms. The fourth-order valence-electron chi connectivity index (χ4n) is 7.37. The van der Waals surface area contributed by atoms with E-state index in [-0.39, 0.29) is 0 Å². The average molecular weight is 562 g/mol. The molecule has 1 N–H and O–H groups in total. The Balaban J connectivity index is 1.92. The molecule has 0 aromatic rings. The van der Waals surface area contributed by atoms with Gasteiger partial charge in [-0.05, 0) is 122 Å². The Kier molecular flexibility index (Phi) is 8.52. The van der Waals surface area contributed by atoms with Crippen LogP contribution < -0.4 is 0 Å². The van der Waals surface area contributed by atoms with Crippen LogP contribution in [-0.2, 0) is 28.6 Å². The maximum absolute atomic E-state index is 14.6. The van der Waals surface area contributed by atoms with Gasteiger partial charge in [-0.2, -0.15) is 5.06 Å². The van der Waals surface area contributed by atoms with Crippen LogP contribution in [0.1, 0.15) is 122 Å². The standard InChI is InChI=1S/C27H52N3O7P/c1-22(2)13-19(14-23(3,4)28(22)31)35-38(34,36-20-15-24(5,6)29(32)25(7,8)16-20)37-21-17-26(9,10)30(33)27(11,12)18-21/h19-21,31H,13-18H2,1-12H3. The van der Waals surface area contributed by atoms with Gasteiger partial charge in [0, 0.05) is 33.2 Å². The third-order valence-electron chi connectivity index (χ3n) is 8.54. The second kappa shape index (κ2) is 10.0. The summed E-state index contributed by atoms with van der Waals surface area (Å²) in [4.78, 5) is 0. The molecule has 3 aliphatic rings. The molecule has 222 valence electrons. The van der Waals surface area contributed by atoms with Gasteiger partial charge in [-0.15, -0.1) is 20.5 Å². The van der Waals surface area contributed by atoms with Gasteiger partial charge in [0.05, 0.1) is 18.3 Å². The van der Waals surface area contributed by atoms with E-state index < -0.39 is 59.4 Å². The summed E-state index contributed by atoms with van der Waals surface area (Å²) >= 11 is 0. The number of hydrogen-bond donors (Lipinski definition) is 1. The lowest BCUT2D eigenvalue weighted by atomic mass is 9.80. The molecule has 3 rings (SSSR count). The minimum atomic E-state index is -4.16. The lowest BCUT2D eigenvalue weighted by Crippen LogP contribution is -2.61. The Morgan fingerprint density at radius 2 is 0.737 bits per heavy atom. The number of hydroxylamine groups is 6. The Morgan fingerprint density at radius 3 is 0.974 bits per heavy atom. The zero-order valence-corrected chi connectivity index (χ0v) is 26.6. The van der Waals surface area contributed by atoms with E-state index in [0.29, 0.717) is 38.5 Å². The molecule has 0 aromatic carbocycles. The van der Waals surface area contributed by atoms with Crippen LogP contribution in [0.25, 0.3) is 0 Å². The molecule has 38 heavy (non-hydrogen) atoms. The molecule has 0 aromatic heterocycles. The summed E-state index contributed by atoms with van der Waals surface area (Å²) in [7, 11) is -4.16. The fourth-order valence-corrected chi connectivity index (χ4v) is 9.06. The Labute approximate surface area is 230 Å². The molecule has 0 aliphatic carbocycles. The largest absolute Gasteiger partial charge is 0.475 e. The first-order chi connectivity index (χ1) is 16.8. The summed E-state index contributed by atoms with van der Waals surface area (Å²) < 4.78 is 33.5. The van der Waals surface area contributed by atoms with E-state index >= 15 is 0 Å². The van der Waals surface area contributed by atoms with Crippen LogP contribution in [0.15, 0.2) is 0 Å². The SMILES string of the molecule is CC1(C)CC(OP(=O)(OC2CC(C)(C)N([O])C(C)(C)C2)OC2CC(C)(C)N(O)C(C)(C)C2)CC(C)(C)N1[O]. The van der Waals surface area contributed by atoms with Gasteiger partial charge in [0.25, 0.3) is 0 Å². The smallest absolute Gasteiger partial charge is 0.313 e. The highest BCUT2D eigenvalue weighted by molar-refractivity contribution is 7.48. The van der Waals surface area contributed by atoms with Crippen molar-refractivity contribution in [3.05, 3.63) is 0 Å². The first kappa shape index (κ1) is 32.4. The quantitative estimate of drug-likeness (QED) is 0.376. The number of rotatable bonds is 6. The molecule has 0 unspecified atom stereocenters. The van der Waals surface area contributed by atoms with E-state index in [0.717, 1.165) is 10.1 Å². The molecule has 3 aliphatic heterocycles. The van der Waals surface area contributed by atoms with Crippen LogP contribution in [0.3, 0.4) is 0 Å². The summed E-state index contributed by atoms with van der Waals surface area (Å²) in [5.74, 6) is 0. The third-order valence-corrected chi connectivity index (χ3v) is 10.2. The molecule has 2 radical (unpaired) electrons. The summed E-state index contributed by atoms with van der Waals surface area (Å²) in [6.45, 7) is 22.6. The van der Waals surface area contributed by atoms with Crippen LogP contribution in [0.5, 0.6) is 0 Å². The van der Waals surface area contributed by atoms with Crippen molar-refractivity contribution < 1.29 is 33.8 Å². The zero-order chi connectivity index (χ0) is 29.3. The topological polar surface area (TPSA) is 115 Å². The number of piperidine rings is 3. The van der Waals surface area contributed by atoms with Gasteiger partial charge in [-0.1, -0.05) is 0 Å². The Bertz CT molecular complexity index is 752. The minimum Gasteiger partial charge on any atom is -0.313 e. The van der Waals surface area contributed by atoms with E-state index in [9.17, 15) is 20.2 Å². The number of nitrogens with zero attached hydrogens (tertiary/aromatic N) is 3. The monoisotopic (exact) mass is 561 g/mol. The third kappa shape index (κ3) is 6.67. The predicted molar refractivity (Wildman–Crippen MR) is 143 cm³/mol. The van der Waals surface area contributed by atoms with Gasteiger partial charge in [-0.25, -0.2) is 4.57 Å². The van der Waals surface area contributed by atoms with E-state index in [4.69, 9.17) is 13.6 Å². The summed E-state index contributed by atoms with van der Waals surface area (Å²) in [6, 6.07) is 0. The highest BCUT2D eigenvalue weighted by Gasteiger charge is 2.54. The van der Waals surface area contributed by atoms with Gasteiger partial charge in [0.2, 0.25) is 0 Å². The number of phosphoric acid groups is 1. The van der Waals surface area contributed by atoms with Crippen LogP contribution in [0.2, 0.25) is 0 Å². The van der Waals surface area contributed by atoms with E-state index in [1.807, 2.05) is 83.1 Å². The van der Waals surface area contributed by atoms with Crippen LogP contribution >= 0.6 is 7.82 Å². The molecule has 0 atom stereocenters. The first-order valence-electron chi connectivity index (χ1n) is 13.9. The number of hydrogen-bond acceptors (Lipinski definition) is 8. The van der Waals surface area contributed by atoms with E-state index in [1.54, 1.807) is 0 Å². The summed E-state index contributed by atoms with van der Waals surface area (Å²) in [6.07, 6.45) is 0.821. The fraction of sp³-hybridized carbons (Fsp3) is 1.00. The second-order valence-electron chi connectivity index (χ2n) is 15.6. The van der Waals surface area contributed by atoms with Crippen molar-refractivity contribution in [2.75, 3.05) is 0 Å². The normalized spacial score (nSPS) is 30.9. The molecule has 3 saturated heterocycles. The molecule has 0 amide bonds. The van der Waals surface area contributed by atoms with Crippen molar-refractivity contribution in [1.29, 1.82) is 0 Å². The van der Waals surface area contributed by atoms with Crippen molar-refractivity contribution in [2.24, 2.45) is 0 Å². The lowest BCUT2D eigenvalue weighted by Gasteiger charge is -2.52. The molecule has 3 fully saturated rings. The first-order valence-corrected chi connectivity index (χ1v) is 15.4. The Morgan fingerprint density at radius 1 is 0.526 bits per heavy atom. The van der Waals surface area contributed by atoms with Crippen LogP contribution in [0.4, 0.5) is 0 Å². The van der Waals surface area contributed by atoms with Crippen molar-refractivity contribution in [2.45, 2.75) is 173 Å². The van der Waals surface area contributed by atoms with Gasteiger partial charge >= 0.3 is 7.82 Å². The average Bonchev–Trinajstić information content (AvgIpc) is 2.66. The van der Waals surface area contributed by atoms with Gasteiger partial charge in [0.1, 0.15) is 0 Å². The molecular formula is C27H52N3O7P. The minimum absolute atomic E-state index is 0.374. The highest BCUT2D eigenvalue weighted by Crippen LogP contribution is 2.59. The molecule has 0 spiro atoms. The zero-order valence-electron chi connectivity index (χ0n) is 25.7. The lowest BCUT2D eigenvalue weighted by molar-refractivity contribution is -0.300. The second-order valence-corrected chi connectivity index (χ2v) is 17.2. The van der Waals surface area contributed by atoms with E-state index in [2.05, 4.69) is 0 Å². The summed E-state index contributed by atoms with van der Waals surface area (Å²) in [5.41, 5.74) is -4.12.